The molecule has 0 aliphatic carbocycles. The van der Waals surface area contributed by atoms with E-state index in [1.54, 1.807) is 30.5 Å². The van der Waals surface area contributed by atoms with Crippen LogP contribution in [0.5, 0.6) is 11.5 Å². The monoisotopic (exact) mass is 348 g/mol. The predicted molar refractivity (Wildman–Crippen MR) is 92.2 cm³/mol. The van der Waals surface area contributed by atoms with Crippen LogP contribution >= 0.6 is 11.6 Å². The lowest BCUT2D eigenvalue weighted by Gasteiger charge is -2.15. The molecule has 3 rings (SSSR count). The Morgan fingerprint density at radius 1 is 1.29 bits per heavy atom. The van der Waals surface area contributed by atoms with E-state index in [1.807, 2.05) is 19.1 Å². The number of hydrogen-bond donors (Lipinski definition) is 2. The van der Waals surface area contributed by atoms with Crippen LogP contribution < -0.4 is 15.8 Å². The molecule has 1 aliphatic rings. The van der Waals surface area contributed by atoms with Crippen molar-refractivity contribution in [1.82, 2.24) is 5.32 Å². The third-order valence-corrected chi connectivity index (χ3v) is 4.12. The van der Waals surface area contributed by atoms with Crippen LogP contribution in [0.2, 0.25) is 5.02 Å². The minimum atomic E-state index is -0.521. The van der Waals surface area contributed by atoms with Crippen molar-refractivity contribution in [2.45, 2.75) is 19.4 Å². The van der Waals surface area contributed by atoms with Gasteiger partial charge in [-0.15, -0.1) is 0 Å². The van der Waals surface area contributed by atoms with Gasteiger partial charge < -0.3 is 20.5 Å². The lowest BCUT2D eigenvalue weighted by Crippen LogP contribution is -2.11. The summed E-state index contributed by atoms with van der Waals surface area (Å²) in [6, 6.07) is 9.94. The van der Waals surface area contributed by atoms with Crippen LogP contribution in [0.25, 0.3) is 5.76 Å². The second-order valence-corrected chi connectivity index (χ2v) is 5.83. The van der Waals surface area contributed by atoms with E-state index in [1.165, 1.54) is 0 Å². The molecular formula is C18H18ClFN2O2. The third kappa shape index (κ3) is 3.32. The first-order chi connectivity index (χ1) is 11.6. The molecule has 0 saturated heterocycles. The maximum absolute atomic E-state index is 14.7. The van der Waals surface area contributed by atoms with Gasteiger partial charge in [0.25, 0.3) is 0 Å². The SMILES string of the molecule is CC[C@@H](N)c1ccc(Cl)c(Oc2ccc(C3=CNCO3)cc2)c1F. The third-order valence-electron chi connectivity index (χ3n) is 3.82. The largest absolute Gasteiger partial charge is 0.471 e. The first kappa shape index (κ1) is 16.6. The Bertz CT molecular complexity index is 762. The van der Waals surface area contributed by atoms with Gasteiger partial charge >= 0.3 is 0 Å². The summed E-state index contributed by atoms with van der Waals surface area (Å²) in [5.74, 6) is 0.700. The topological polar surface area (TPSA) is 56.5 Å². The zero-order chi connectivity index (χ0) is 17.1. The second-order valence-electron chi connectivity index (χ2n) is 5.42. The van der Waals surface area contributed by atoms with Crippen LogP contribution in [-0.2, 0) is 4.74 Å². The molecule has 6 heteroatoms. The van der Waals surface area contributed by atoms with E-state index in [0.717, 1.165) is 11.3 Å². The lowest BCUT2D eigenvalue weighted by atomic mass is 10.0. The van der Waals surface area contributed by atoms with Crippen molar-refractivity contribution in [2.75, 3.05) is 6.73 Å². The maximum atomic E-state index is 14.7. The molecule has 0 amide bonds. The summed E-state index contributed by atoms with van der Waals surface area (Å²) in [7, 11) is 0. The van der Waals surface area contributed by atoms with Gasteiger partial charge in [-0.1, -0.05) is 24.6 Å². The van der Waals surface area contributed by atoms with E-state index < -0.39 is 11.9 Å². The molecule has 4 nitrogen and oxygen atoms in total. The van der Waals surface area contributed by atoms with Crippen LogP contribution in [-0.4, -0.2) is 6.73 Å². The Balaban J connectivity index is 1.85. The molecule has 0 fully saturated rings. The Labute approximate surface area is 145 Å². The molecule has 0 saturated carbocycles. The zero-order valence-corrected chi connectivity index (χ0v) is 13.9. The molecule has 0 aromatic heterocycles. The van der Waals surface area contributed by atoms with Crippen molar-refractivity contribution < 1.29 is 13.9 Å². The van der Waals surface area contributed by atoms with E-state index in [9.17, 15) is 4.39 Å². The highest BCUT2D eigenvalue weighted by Gasteiger charge is 2.18. The van der Waals surface area contributed by atoms with E-state index in [4.69, 9.17) is 26.8 Å². The number of rotatable bonds is 5. The Hall–Kier alpha value is -2.24. The van der Waals surface area contributed by atoms with Crippen molar-refractivity contribution in [3.05, 3.63) is 64.6 Å². The van der Waals surface area contributed by atoms with Crippen LogP contribution in [0.4, 0.5) is 4.39 Å². The lowest BCUT2D eigenvalue weighted by molar-refractivity contribution is 0.291. The number of benzene rings is 2. The summed E-state index contributed by atoms with van der Waals surface area (Å²) < 4.78 is 25.7. The smallest absolute Gasteiger partial charge is 0.181 e. The first-order valence-electron chi connectivity index (χ1n) is 7.68. The van der Waals surface area contributed by atoms with Crippen LogP contribution in [0.15, 0.2) is 42.6 Å². The minimum Gasteiger partial charge on any atom is -0.471 e. The van der Waals surface area contributed by atoms with E-state index in [0.29, 0.717) is 24.5 Å². The maximum Gasteiger partial charge on any atom is 0.181 e. The van der Waals surface area contributed by atoms with Crippen molar-refractivity contribution in [1.29, 1.82) is 0 Å². The highest BCUT2D eigenvalue weighted by Crippen LogP contribution is 2.36. The van der Waals surface area contributed by atoms with Crippen molar-refractivity contribution in [2.24, 2.45) is 5.73 Å². The van der Waals surface area contributed by atoms with Gasteiger partial charge in [0.15, 0.2) is 18.3 Å². The molecule has 0 bridgehead atoms. The molecule has 0 radical (unpaired) electrons. The van der Waals surface area contributed by atoms with E-state index in [2.05, 4.69) is 5.32 Å². The highest BCUT2D eigenvalue weighted by atomic mass is 35.5. The van der Waals surface area contributed by atoms with Crippen LogP contribution in [0.1, 0.15) is 30.5 Å². The molecule has 3 N–H and O–H groups in total. The van der Waals surface area contributed by atoms with Gasteiger partial charge in [-0.25, -0.2) is 4.39 Å². The van der Waals surface area contributed by atoms with Crippen LogP contribution in [0.3, 0.4) is 0 Å². The fraction of sp³-hybridized carbons (Fsp3) is 0.222. The molecule has 1 atom stereocenters. The number of halogens is 2. The summed E-state index contributed by atoms with van der Waals surface area (Å²) in [6.07, 6.45) is 2.41. The molecule has 2 aromatic rings. The normalized spacial score (nSPS) is 14.6. The molecule has 0 unspecified atom stereocenters. The standard InChI is InChI=1S/C18H18ClFN2O2/c1-2-15(21)13-7-8-14(19)18(17(13)20)24-12-5-3-11(4-6-12)16-9-22-10-23-16/h3-9,15,22H,2,10,21H2,1H3/t15-/m1/s1. The molecule has 0 spiro atoms. The van der Waals surface area contributed by atoms with Gasteiger partial charge in [0.2, 0.25) is 0 Å². The summed E-state index contributed by atoms with van der Waals surface area (Å²) >= 11 is 6.09. The van der Waals surface area contributed by atoms with E-state index >= 15 is 0 Å². The molecule has 24 heavy (non-hydrogen) atoms. The number of nitrogens with one attached hydrogen (secondary N) is 1. The average Bonchev–Trinajstić information content (AvgIpc) is 3.13. The Morgan fingerprint density at radius 2 is 2.04 bits per heavy atom. The van der Waals surface area contributed by atoms with Gasteiger partial charge in [0.05, 0.1) is 5.02 Å². The highest BCUT2D eigenvalue weighted by molar-refractivity contribution is 6.32. The van der Waals surface area contributed by atoms with Crippen molar-refractivity contribution in [3.8, 4) is 11.5 Å². The zero-order valence-electron chi connectivity index (χ0n) is 13.2. The van der Waals surface area contributed by atoms with Crippen LogP contribution in [0, 0.1) is 5.82 Å². The van der Waals surface area contributed by atoms with Gasteiger partial charge in [-0.3, -0.25) is 0 Å². The quantitative estimate of drug-likeness (QED) is 0.831. The summed E-state index contributed by atoms with van der Waals surface area (Å²) in [5, 5.41) is 3.17. The summed E-state index contributed by atoms with van der Waals surface area (Å²) in [5.41, 5.74) is 7.23. The average molecular weight is 349 g/mol. The molecule has 1 heterocycles. The van der Waals surface area contributed by atoms with Crippen molar-refractivity contribution in [3.63, 3.8) is 0 Å². The fourth-order valence-electron chi connectivity index (χ4n) is 2.41. The number of hydrogen-bond acceptors (Lipinski definition) is 4. The van der Waals surface area contributed by atoms with E-state index in [-0.39, 0.29) is 10.8 Å². The van der Waals surface area contributed by atoms with Gasteiger partial charge in [0, 0.05) is 23.4 Å². The summed E-state index contributed by atoms with van der Waals surface area (Å²) in [4.78, 5) is 0. The molecule has 2 aromatic carbocycles. The minimum absolute atomic E-state index is 0.0104. The van der Waals surface area contributed by atoms with Gasteiger partial charge in [-0.05, 0) is 36.8 Å². The van der Waals surface area contributed by atoms with Gasteiger partial charge in [0.1, 0.15) is 11.5 Å². The second kappa shape index (κ2) is 7.11. The fourth-order valence-corrected chi connectivity index (χ4v) is 2.60. The Kier molecular flexibility index (Phi) is 4.92. The predicted octanol–water partition coefficient (Wildman–Crippen LogP) is 4.56. The number of nitrogens with two attached hydrogens (primary N) is 1. The molecular weight excluding hydrogens is 331 g/mol. The van der Waals surface area contributed by atoms with Gasteiger partial charge in [-0.2, -0.15) is 0 Å². The summed E-state index contributed by atoms with van der Waals surface area (Å²) in [6.45, 7) is 2.35. The first-order valence-corrected chi connectivity index (χ1v) is 8.06. The Morgan fingerprint density at radius 3 is 2.67 bits per heavy atom. The molecule has 126 valence electrons. The molecule has 1 aliphatic heterocycles. The van der Waals surface area contributed by atoms with Crippen molar-refractivity contribution >= 4 is 17.4 Å². The number of ether oxygens (including phenoxy) is 2.